The first-order valence-corrected chi connectivity index (χ1v) is 10.4. The zero-order valence-corrected chi connectivity index (χ0v) is 16.1. The summed E-state index contributed by atoms with van der Waals surface area (Å²) in [6, 6.07) is 0. The average Bonchev–Trinajstić information content (AvgIpc) is 3.04. The topological polar surface area (TPSA) is 76.0 Å². The number of rotatable bonds is 1. The van der Waals surface area contributed by atoms with Gasteiger partial charge in [-0.05, 0) is 48.9 Å². The normalized spacial score (nSPS) is 55.8. The predicted molar refractivity (Wildman–Crippen MR) is 94.0 cm³/mol. The molecule has 26 heavy (non-hydrogen) atoms. The zero-order chi connectivity index (χ0) is 18.4. The number of ketones is 1. The van der Waals surface area contributed by atoms with E-state index in [4.69, 9.17) is 9.47 Å². The van der Waals surface area contributed by atoms with Gasteiger partial charge in [0.2, 0.25) is 0 Å². The largest absolute Gasteiger partial charge is 0.390 e. The Morgan fingerprint density at radius 2 is 1.73 bits per heavy atom. The summed E-state index contributed by atoms with van der Waals surface area (Å²) >= 11 is 0. The van der Waals surface area contributed by atoms with Crippen LogP contribution in [0.1, 0.15) is 46.5 Å². The van der Waals surface area contributed by atoms with Crippen molar-refractivity contribution < 1.29 is 24.5 Å². The number of hydrogen-bond acceptors (Lipinski definition) is 5. The van der Waals surface area contributed by atoms with Gasteiger partial charge in [0.05, 0.1) is 25.4 Å². The molecule has 2 N–H and O–H groups in total. The summed E-state index contributed by atoms with van der Waals surface area (Å²) in [5.74, 6) is 1.32. The van der Waals surface area contributed by atoms with E-state index < -0.39 is 17.6 Å². The Kier molecular flexibility index (Phi) is 3.74. The second kappa shape index (κ2) is 5.53. The quantitative estimate of drug-likeness (QED) is 0.744. The summed E-state index contributed by atoms with van der Waals surface area (Å²) in [6.07, 6.45) is 1.05. The SMILES string of the molecule is C[C@@H]1C[C@@H]2[C@H]([C@H]3C[C@@H](O)[C@@H](O)[C@@H]4C[C@H](C5OCCO5)C[C@@]14C3=O)C2(C)C. The molecule has 1 aliphatic heterocycles. The van der Waals surface area contributed by atoms with Gasteiger partial charge in [0.15, 0.2) is 6.29 Å². The highest BCUT2D eigenvalue weighted by atomic mass is 16.7. The minimum Gasteiger partial charge on any atom is -0.390 e. The van der Waals surface area contributed by atoms with Crippen LogP contribution >= 0.6 is 0 Å². The number of hydrogen-bond donors (Lipinski definition) is 2. The Hall–Kier alpha value is -0.490. The second-order valence-electron chi connectivity index (χ2n) is 10.3. The Labute approximate surface area is 155 Å². The van der Waals surface area contributed by atoms with Gasteiger partial charge >= 0.3 is 0 Å². The number of Topliss-reactive ketones (excluding diaryl/α,β-unsaturated/α-hetero) is 1. The molecule has 146 valence electrons. The summed E-state index contributed by atoms with van der Waals surface area (Å²) in [6.45, 7) is 7.96. The average molecular weight is 364 g/mol. The highest BCUT2D eigenvalue weighted by molar-refractivity contribution is 5.90. The summed E-state index contributed by atoms with van der Waals surface area (Å²) in [5, 5.41) is 21.7. The monoisotopic (exact) mass is 364 g/mol. The van der Waals surface area contributed by atoms with Gasteiger partial charge in [-0.25, -0.2) is 0 Å². The molecule has 5 heteroatoms. The van der Waals surface area contributed by atoms with E-state index in [0.717, 1.165) is 12.8 Å². The van der Waals surface area contributed by atoms with E-state index in [9.17, 15) is 15.0 Å². The van der Waals surface area contributed by atoms with Gasteiger partial charge in [-0.15, -0.1) is 0 Å². The Morgan fingerprint density at radius 1 is 1.04 bits per heavy atom. The van der Waals surface area contributed by atoms with Crippen molar-refractivity contribution in [1.29, 1.82) is 0 Å². The van der Waals surface area contributed by atoms with Crippen molar-refractivity contribution in [3.05, 3.63) is 0 Å². The molecule has 1 heterocycles. The van der Waals surface area contributed by atoms with Gasteiger partial charge in [0.25, 0.3) is 0 Å². The molecule has 4 aliphatic carbocycles. The summed E-state index contributed by atoms with van der Waals surface area (Å²) in [7, 11) is 0. The van der Waals surface area contributed by atoms with Gasteiger partial charge in [0.1, 0.15) is 5.78 Å². The zero-order valence-electron chi connectivity index (χ0n) is 16.1. The van der Waals surface area contributed by atoms with Crippen LogP contribution in [0.3, 0.4) is 0 Å². The smallest absolute Gasteiger partial charge is 0.160 e. The molecule has 5 rings (SSSR count). The maximum absolute atomic E-state index is 13.9. The molecule has 0 unspecified atom stereocenters. The van der Waals surface area contributed by atoms with E-state index >= 15 is 0 Å². The summed E-state index contributed by atoms with van der Waals surface area (Å²) in [5.41, 5.74) is -0.346. The minimum absolute atomic E-state index is 0.112. The molecule has 9 atom stereocenters. The molecule has 0 aromatic carbocycles. The number of carbonyl (C=O) groups is 1. The van der Waals surface area contributed by atoms with Crippen molar-refractivity contribution in [3.63, 3.8) is 0 Å². The number of carbonyl (C=O) groups excluding carboxylic acids is 1. The molecule has 0 radical (unpaired) electrons. The summed E-state index contributed by atoms with van der Waals surface area (Å²) < 4.78 is 11.5. The van der Waals surface area contributed by atoms with E-state index in [0.29, 0.717) is 43.7 Å². The lowest BCUT2D eigenvalue weighted by Crippen LogP contribution is -2.46. The van der Waals surface area contributed by atoms with Crippen LogP contribution < -0.4 is 0 Å². The highest BCUT2D eigenvalue weighted by Crippen LogP contribution is 2.72. The standard InChI is InChI=1S/C21H32O5/c1-10-6-13-16(20(13,2)3)12-8-15(22)17(23)14-7-11(19-25-4-5-26-19)9-21(10,14)18(12)24/h10-17,19,22-23H,4-9H2,1-3H3/t10-,11+,12-,13-,14+,15-,16+,17+,21-/m1/s1. The molecular weight excluding hydrogens is 332 g/mol. The molecule has 5 aliphatic rings. The number of ether oxygens (including phenoxy) is 2. The fourth-order valence-electron chi connectivity index (χ4n) is 7.65. The van der Waals surface area contributed by atoms with E-state index in [-0.39, 0.29) is 35.4 Å². The van der Waals surface area contributed by atoms with Crippen molar-refractivity contribution in [2.75, 3.05) is 13.2 Å². The van der Waals surface area contributed by atoms with Gasteiger partial charge in [-0.1, -0.05) is 20.8 Å². The van der Waals surface area contributed by atoms with Gasteiger partial charge in [-0.2, -0.15) is 0 Å². The van der Waals surface area contributed by atoms with Crippen LogP contribution in [0.25, 0.3) is 0 Å². The third-order valence-corrected chi connectivity index (χ3v) is 9.01. The molecule has 0 aromatic heterocycles. The van der Waals surface area contributed by atoms with Crippen molar-refractivity contribution in [1.82, 2.24) is 0 Å². The van der Waals surface area contributed by atoms with Crippen LogP contribution in [-0.4, -0.2) is 47.7 Å². The molecule has 2 bridgehead atoms. The first-order chi connectivity index (χ1) is 12.3. The Balaban J connectivity index is 1.57. The van der Waals surface area contributed by atoms with Gasteiger partial charge in [-0.3, -0.25) is 4.79 Å². The number of aliphatic hydroxyl groups is 2. The molecule has 1 spiro atoms. The van der Waals surface area contributed by atoms with Crippen molar-refractivity contribution >= 4 is 5.78 Å². The van der Waals surface area contributed by atoms with Crippen LogP contribution in [0.4, 0.5) is 0 Å². The molecule has 4 saturated carbocycles. The van der Waals surface area contributed by atoms with Crippen molar-refractivity contribution in [3.8, 4) is 0 Å². The fourth-order valence-corrected chi connectivity index (χ4v) is 7.65. The van der Waals surface area contributed by atoms with Crippen LogP contribution in [0.5, 0.6) is 0 Å². The number of fused-ring (bicyclic) bond motifs is 3. The lowest BCUT2D eigenvalue weighted by molar-refractivity contribution is -0.141. The minimum atomic E-state index is -0.823. The van der Waals surface area contributed by atoms with Gasteiger partial charge < -0.3 is 19.7 Å². The van der Waals surface area contributed by atoms with Crippen molar-refractivity contribution in [2.24, 2.45) is 46.3 Å². The Bertz CT molecular complexity index is 612. The molecule has 1 saturated heterocycles. The van der Waals surface area contributed by atoms with Crippen LogP contribution in [0, 0.1) is 46.3 Å². The molecular formula is C21H32O5. The highest BCUT2D eigenvalue weighted by Gasteiger charge is 2.72. The van der Waals surface area contributed by atoms with Gasteiger partial charge in [0, 0.05) is 23.2 Å². The fraction of sp³-hybridized carbons (Fsp3) is 0.952. The number of aliphatic hydroxyl groups excluding tert-OH is 2. The lowest BCUT2D eigenvalue weighted by Gasteiger charge is -2.41. The van der Waals surface area contributed by atoms with E-state index in [2.05, 4.69) is 20.8 Å². The molecule has 0 amide bonds. The molecule has 5 nitrogen and oxygen atoms in total. The van der Waals surface area contributed by atoms with Crippen LogP contribution in [0.15, 0.2) is 0 Å². The predicted octanol–water partition coefficient (Wildman–Crippen LogP) is 1.99. The first kappa shape index (κ1) is 17.6. The maximum Gasteiger partial charge on any atom is 0.160 e. The van der Waals surface area contributed by atoms with Crippen LogP contribution in [-0.2, 0) is 14.3 Å². The maximum atomic E-state index is 13.9. The van der Waals surface area contributed by atoms with E-state index in [1.54, 1.807) is 0 Å². The lowest BCUT2D eigenvalue weighted by atomic mass is 9.62. The van der Waals surface area contributed by atoms with Crippen LogP contribution in [0.2, 0.25) is 0 Å². The third-order valence-electron chi connectivity index (χ3n) is 9.01. The summed E-state index contributed by atoms with van der Waals surface area (Å²) in [4.78, 5) is 13.9. The molecule has 0 aromatic rings. The first-order valence-electron chi connectivity index (χ1n) is 10.4. The van der Waals surface area contributed by atoms with E-state index in [1.165, 1.54) is 0 Å². The Morgan fingerprint density at radius 3 is 2.42 bits per heavy atom. The van der Waals surface area contributed by atoms with E-state index in [1.807, 2.05) is 0 Å². The second-order valence-corrected chi connectivity index (χ2v) is 10.3. The molecule has 5 fully saturated rings. The third kappa shape index (κ3) is 2.09. The van der Waals surface area contributed by atoms with Crippen molar-refractivity contribution in [2.45, 2.75) is 65.0 Å².